The number of rotatable bonds is 12. The summed E-state index contributed by atoms with van der Waals surface area (Å²) in [5, 5.41) is 2.35. The number of aryl methyl sites for hydroxylation is 1. The molecule has 4 heterocycles. The second-order valence-electron chi connectivity index (χ2n) is 26.2. The maximum atomic E-state index is 7.48. The first-order valence-corrected chi connectivity index (χ1v) is 29.0. The Kier molecular flexibility index (Phi) is 14.7. The quantitative estimate of drug-likeness (QED) is 0.115. The van der Waals surface area contributed by atoms with Gasteiger partial charge in [-0.25, -0.2) is 4.98 Å². The number of aromatic nitrogens is 2. The first-order chi connectivity index (χ1) is 37.4. The smallest absolute Gasteiger partial charge is 0.503 e. The third-order valence-corrected chi connectivity index (χ3v) is 17.9. The van der Waals surface area contributed by atoms with Crippen LogP contribution in [0, 0.1) is 19.1 Å². The van der Waals surface area contributed by atoms with Crippen LogP contribution in [0.4, 0.5) is 5.69 Å². The van der Waals surface area contributed by atoms with Gasteiger partial charge in [0.2, 0.25) is 0 Å². The van der Waals surface area contributed by atoms with Gasteiger partial charge >= 0.3 is 21.1 Å². The number of anilines is 1. The average Bonchev–Trinajstić information content (AvgIpc) is 3.84. The molecule has 2 aliphatic heterocycles. The zero-order chi connectivity index (χ0) is 56.2. The minimum absolute atomic E-state index is 0. The molecule has 9 aromatic rings. The molecule has 1 atom stereocenters. The van der Waals surface area contributed by atoms with Crippen molar-refractivity contribution in [2.75, 3.05) is 4.90 Å². The first kappa shape index (κ1) is 56.7. The number of benzene rings is 7. The second-order valence-corrected chi connectivity index (χ2v) is 26.2. The number of hydrogen-bond acceptors (Lipinski definition) is 4. The summed E-state index contributed by atoms with van der Waals surface area (Å²) in [6, 6.07) is 60.0. The van der Waals surface area contributed by atoms with Crippen LogP contribution < -0.4 is 9.64 Å². The number of amidine groups is 1. The molecule has 0 fully saturated rings. The Labute approximate surface area is 492 Å². The van der Waals surface area contributed by atoms with Gasteiger partial charge in [0.05, 0.1) is 22.4 Å². The third-order valence-electron chi connectivity index (χ3n) is 17.9. The largest absolute Gasteiger partial charge is 2.00 e. The predicted molar refractivity (Wildman–Crippen MR) is 333 cm³/mol. The molecular formula is C74H80N4OPt. The summed E-state index contributed by atoms with van der Waals surface area (Å²) in [5.74, 6) is 3.05. The average molecular weight is 1240 g/mol. The molecule has 6 heteroatoms. The fraction of sp³-hybridized carbons (Fsp3) is 0.351. The van der Waals surface area contributed by atoms with E-state index >= 15 is 0 Å². The molecular weight excluding hydrogens is 1160 g/mol. The van der Waals surface area contributed by atoms with Crippen LogP contribution in [0.5, 0.6) is 11.5 Å². The SMILES string of the molecule is Cc1cc2c([c-]c1Oc1[c-]c(C3=NC(C)(C)[C@](C)(C(c4ccccc4)c4ccccc4)N3c3c(C(C)C)cccc3C(C)C)cc(-c3c(C(C)C)cccc3C(C)C)c1)-n1c3ncccc3c3cc(C(C)(C)C)cc(c31)C2(C)C.[Pt+2]. The monoisotopic (exact) mass is 1240 g/mol. The summed E-state index contributed by atoms with van der Waals surface area (Å²) in [6.45, 7) is 39.5. The van der Waals surface area contributed by atoms with E-state index in [1.54, 1.807) is 0 Å². The van der Waals surface area contributed by atoms with Crippen LogP contribution in [0.25, 0.3) is 38.8 Å². The first-order valence-electron chi connectivity index (χ1n) is 29.0. The molecule has 2 aromatic heterocycles. The fourth-order valence-corrected chi connectivity index (χ4v) is 13.3. The number of para-hydroxylation sites is 1. The molecule has 80 heavy (non-hydrogen) atoms. The molecule has 5 nitrogen and oxygen atoms in total. The van der Waals surface area contributed by atoms with Gasteiger partial charge in [0.15, 0.2) is 0 Å². The van der Waals surface area contributed by atoms with Gasteiger partial charge in [0, 0.05) is 40.1 Å². The molecule has 0 saturated carbocycles. The van der Waals surface area contributed by atoms with Gasteiger partial charge in [-0.15, -0.1) is 28.8 Å². The van der Waals surface area contributed by atoms with E-state index in [2.05, 4.69) is 279 Å². The van der Waals surface area contributed by atoms with Crippen molar-refractivity contribution in [2.45, 2.75) is 169 Å². The van der Waals surface area contributed by atoms with E-state index in [-0.39, 0.29) is 61.5 Å². The van der Waals surface area contributed by atoms with E-state index in [0.717, 1.165) is 39.2 Å². The Morgan fingerprint density at radius 2 is 1.15 bits per heavy atom. The Balaban J connectivity index is 0.00000720. The zero-order valence-electron chi connectivity index (χ0n) is 50.3. The van der Waals surface area contributed by atoms with Crippen LogP contribution in [0.2, 0.25) is 0 Å². The van der Waals surface area contributed by atoms with Crippen molar-refractivity contribution in [2.24, 2.45) is 4.99 Å². The molecule has 0 N–H and O–H groups in total. The summed E-state index contributed by atoms with van der Waals surface area (Å²) in [6.07, 6.45) is 1.91. The van der Waals surface area contributed by atoms with E-state index in [1.807, 2.05) is 6.20 Å². The fourth-order valence-electron chi connectivity index (χ4n) is 13.3. The van der Waals surface area contributed by atoms with Crippen LogP contribution in [-0.4, -0.2) is 26.5 Å². The van der Waals surface area contributed by atoms with Crippen LogP contribution >= 0.6 is 0 Å². The predicted octanol–water partition coefficient (Wildman–Crippen LogP) is 19.6. The van der Waals surface area contributed by atoms with Crippen LogP contribution in [-0.2, 0) is 31.9 Å². The van der Waals surface area contributed by atoms with E-state index < -0.39 is 11.1 Å². The van der Waals surface area contributed by atoms with Gasteiger partial charge in [0.1, 0.15) is 5.65 Å². The van der Waals surface area contributed by atoms with Gasteiger partial charge < -0.3 is 19.2 Å². The number of ether oxygens (including phenoxy) is 1. The van der Waals surface area contributed by atoms with Gasteiger partial charge in [-0.1, -0.05) is 223 Å². The molecule has 412 valence electrons. The molecule has 0 amide bonds. The van der Waals surface area contributed by atoms with Gasteiger partial charge in [-0.2, -0.15) is 6.07 Å². The van der Waals surface area contributed by atoms with E-state index in [0.29, 0.717) is 11.5 Å². The van der Waals surface area contributed by atoms with Crippen LogP contribution in [0.15, 0.2) is 151 Å². The van der Waals surface area contributed by atoms with E-state index in [1.165, 1.54) is 72.2 Å². The molecule has 0 radical (unpaired) electrons. The van der Waals surface area contributed by atoms with Crippen molar-refractivity contribution in [3.05, 3.63) is 219 Å². The summed E-state index contributed by atoms with van der Waals surface area (Å²) in [4.78, 5) is 13.9. The molecule has 0 spiro atoms. The topological polar surface area (TPSA) is 42.6 Å². The summed E-state index contributed by atoms with van der Waals surface area (Å²) in [7, 11) is 0. The number of fused-ring (bicyclic) bond motifs is 5. The summed E-state index contributed by atoms with van der Waals surface area (Å²) in [5.41, 5.74) is 18.3. The molecule has 0 saturated heterocycles. The van der Waals surface area contributed by atoms with Crippen molar-refractivity contribution in [1.29, 1.82) is 0 Å². The van der Waals surface area contributed by atoms with Crippen molar-refractivity contribution < 1.29 is 25.8 Å². The third kappa shape index (κ3) is 9.19. The summed E-state index contributed by atoms with van der Waals surface area (Å²) >= 11 is 0. The Hall–Kier alpha value is -6.55. The van der Waals surface area contributed by atoms with Crippen molar-refractivity contribution in [3.63, 3.8) is 0 Å². The standard InChI is InChI=1S/C74H80N4O.Pt/c1-44(2)55-31-24-32-56(45(3)4)65(55)51-38-52(40-54(39-51)79-64-43-63-61(37-48(64)9)72(13,14)62-42-53(71(10,11)12)41-60-59-35-26-36-75-70(59)77(63)68(60)62)69-76-73(15,16)74(17,66(49-27-20-18-21-28-49)50-29-22-19-23-30-50)78(69)67-57(46(5)6)33-25-34-58(67)47(7)8;/h18-39,41-42,44-47,66H,1-17H3;/q-2;+2/t74-;/m0./s1. The zero-order valence-corrected chi connectivity index (χ0v) is 52.5. The number of pyridine rings is 1. The van der Waals surface area contributed by atoms with Crippen molar-refractivity contribution >= 4 is 33.5 Å². The minimum Gasteiger partial charge on any atom is -0.503 e. The Morgan fingerprint density at radius 3 is 1.70 bits per heavy atom. The summed E-state index contributed by atoms with van der Waals surface area (Å²) < 4.78 is 9.83. The van der Waals surface area contributed by atoms with Gasteiger partial charge in [-0.3, -0.25) is 0 Å². The Morgan fingerprint density at radius 1 is 0.588 bits per heavy atom. The number of hydrogen-bond donors (Lipinski definition) is 0. The number of aliphatic imine (C=N–C) groups is 1. The molecule has 0 unspecified atom stereocenters. The van der Waals surface area contributed by atoms with Crippen LogP contribution in [0.1, 0.15) is 202 Å². The molecule has 0 aliphatic carbocycles. The van der Waals surface area contributed by atoms with E-state index in [4.69, 9.17) is 14.7 Å². The number of nitrogens with zero attached hydrogens (tertiary/aromatic N) is 4. The Bertz CT molecular complexity index is 3760. The van der Waals surface area contributed by atoms with Crippen molar-refractivity contribution in [3.8, 4) is 28.3 Å². The van der Waals surface area contributed by atoms with Gasteiger partial charge in [0.25, 0.3) is 0 Å². The second kappa shape index (κ2) is 20.8. The van der Waals surface area contributed by atoms with Gasteiger partial charge in [-0.05, 0) is 124 Å². The molecule has 2 aliphatic rings. The molecule has 0 bridgehead atoms. The van der Waals surface area contributed by atoms with Crippen molar-refractivity contribution in [1.82, 2.24) is 9.55 Å². The maximum absolute atomic E-state index is 7.48. The maximum Gasteiger partial charge on any atom is 2.00 e. The van der Waals surface area contributed by atoms with Crippen LogP contribution in [0.3, 0.4) is 0 Å². The molecule has 11 rings (SSSR count). The van der Waals surface area contributed by atoms with E-state index in [9.17, 15) is 0 Å². The normalized spacial score (nSPS) is 16.6. The minimum atomic E-state index is -0.651. The molecule has 7 aromatic carbocycles.